The van der Waals surface area contributed by atoms with Crippen molar-refractivity contribution in [1.82, 2.24) is 0 Å². The molecule has 4 aliphatic rings. The van der Waals surface area contributed by atoms with Gasteiger partial charge in [0.1, 0.15) is 6.29 Å². The average Bonchev–Trinajstić information content (AvgIpc) is 3.08. The molecule has 0 aromatic heterocycles. The molecule has 0 N–H and O–H groups in total. The van der Waals surface area contributed by atoms with Crippen molar-refractivity contribution in [2.75, 3.05) is 0 Å². The third-order valence-corrected chi connectivity index (χ3v) is 16.9. The summed E-state index contributed by atoms with van der Waals surface area (Å²) in [5.74, 6) is 5.23. The van der Waals surface area contributed by atoms with Gasteiger partial charge in [-0.25, -0.2) is 0 Å². The van der Waals surface area contributed by atoms with Crippen LogP contribution in [-0.4, -0.2) is 20.7 Å². The van der Waals surface area contributed by atoms with Gasteiger partial charge in [0.15, 0.2) is 8.32 Å². The first-order valence-corrected chi connectivity index (χ1v) is 17.4. The zero-order valence-electron chi connectivity index (χ0n) is 23.2. The molecule has 0 aliphatic heterocycles. The first-order chi connectivity index (χ1) is 15.3. The number of hydrogen-bond donors (Lipinski definition) is 0. The van der Waals surface area contributed by atoms with Crippen molar-refractivity contribution < 1.29 is 9.22 Å². The predicted molar refractivity (Wildman–Crippen MR) is 142 cm³/mol. The van der Waals surface area contributed by atoms with E-state index in [1.54, 1.807) is 0 Å². The summed E-state index contributed by atoms with van der Waals surface area (Å²) in [5, 5.41) is 0.307. The van der Waals surface area contributed by atoms with Crippen LogP contribution in [-0.2, 0) is 9.22 Å². The molecule has 0 heterocycles. The maximum absolute atomic E-state index is 11.0. The Kier molecular flexibility index (Phi) is 7.11. The van der Waals surface area contributed by atoms with Crippen LogP contribution in [0.5, 0.6) is 0 Å². The van der Waals surface area contributed by atoms with Crippen molar-refractivity contribution in [3.05, 3.63) is 0 Å². The van der Waals surface area contributed by atoms with E-state index in [1.807, 2.05) is 0 Å². The Balaban J connectivity index is 1.45. The Labute approximate surface area is 206 Å². The standard InChI is InChI=1S/C30H54O2Si/c1-21(10-9-19-31)25-13-14-26-24-12-11-22-20-23(32-33(7,8)28(2,3)4)15-17-29(22,5)27(24)16-18-30(25,26)6/h19,21-27H,9-18,20H2,1-8H3/t21-,22?,23-,24+,25-,26+,27+,29+,30-/m1/s1. The maximum atomic E-state index is 11.0. The zero-order valence-corrected chi connectivity index (χ0v) is 24.2. The van der Waals surface area contributed by atoms with E-state index in [0.717, 1.165) is 48.7 Å². The fourth-order valence-electron chi connectivity index (χ4n) is 9.43. The molecule has 0 bridgehead atoms. The number of carbonyl (C=O) groups excluding carboxylic acids is 1. The highest BCUT2D eigenvalue weighted by atomic mass is 28.4. The van der Waals surface area contributed by atoms with Crippen molar-refractivity contribution in [1.29, 1.82) is 0 Å². The largest absolute Gasteiger partial charge is 0.414 e. The molecule has 2 nitrogen and oxygen atoms in total. The Morgan fingerprint density at radius 1 is 0.970 bits per heavy atom. The monoisotopic (exact) mass is 474 g/mol. The average molecular weight is 475 g/mol. The third kappa shape index (κ3) is 4.45. The van der Waals surface area contributed by atoms with E-state index in [1.165, 1.54) is 57.8 Å². The summed E-state index contributed by atoms with van der Waals surface area (Å²) in [6.07, 6.45) is 16.1. The van der Waals surface area contributed by atoms with Gasteiger partial charge >= 0.3 is 0 Å². The molecule has 3 heteroatoms. The van der Waals surface area contributed by atoms with Gasteiger partial charge in [0, 0.05) is 12.5 Å². The van der Waals surface area contributed by atoms with Crippen LogP contribution >= 0.6 is 0 Å². The Bertz CT molecular complexity index is 711. The third-order valence-electron chi connectivity index (χ3n) is 12.4. The van der Waals surface area contributed by atoms with Crippen LogP contribution in [0.4, 0.5) is 0 Å². The van der Waals surface area contributed by atoms with Gasteiger partial charge in [0.25, 0.3) is 0 Å². The van der Waals surface area contributed by atoms with Gasteiger partial charge < -0.3 is 9.22 Å². The lowest BCUT2D eigenvalue weighted by molar-refractivity contribution is -0.128. The number of aldehydes is 1. The van der Waals surface area contributed by atoms with Crippen LogP contribution < -0.4 is 0 Å². The minimum absolute atomic E-state index is 0.307. The lowest BCUT2D eigenvalue weighted by Crippen LogP contribution is -2.55. The lowest BCUT2D eigenvalue weighted by atomic mass is 9.44. The van der Waals surface area contributed by atoms with Gasteiger partial charge in [-0.2, -0.15) is 0 Å². The van der Waals surface area contributed by atoms with Crippen molar-refractivity contribution in [3.8, 4) is 0 Å². The quantitative estimate of drug-likeness (QED) is 0.284. The molecule has 4 fully saturated rings. The minimum Gasteiger partial charge on any atom is -0.414 e. The Morgan fingerprint density at radius 3 is 2.30 bits per heavy atom. The number of rotatable bonds is 6. The second-order valence-corrected chi connectivity index (χ2v) is 19.6. The second kappa shape index (κ2) is 9.06. The summed E-state index contributed by atoms with van der Waals surface area (Å²) in [6, 6.07) is 0. The van der Waals surface area contributed by atoms with E-state index in [4.69, 9.17) is 4.43 Å². The molecule has 0 amide bonds. The maximum Gasteiger partial charge on any atom is 0.192 e. The van der Waals surface area contributed by atoms with Gasteiger partial charge in [-0.05, 0) is 129 Å². The van der Waals surface area contributed by atoms with Crippen LogP contribution in [0.1, 0.15) is 112 Å². The summed E-state index contributed by atoms with van der Waals surface area (Å²) in [4.78, 5) is 11.0. The molecule has 0 saturated heterocycles. The normalized spacial score (nSPS) is 44.5. The van der Waals surface area contributed by atoms with Gasteiger partial charge in [-0.3, -0.25) is 0 Å². The van der Waals surface area contributed by atoms with Crippen LogP contribution in [0.3, 0.4) is 0 Å². The minimum atomic E-state index is -1.69. The van der Waals surface area contributed by atoms with Gasteiger partial charge in [0.2, 0.25) is 0 Å². The van der Waals surface area contributed by atoms with E-state index < -0.39 is 8.32 Å². The van der Waals surface area contributed by atoms with Gasteiger partial charge in [0.05, 0.1) is 0 Å². The second-order valence-electron chi connectivity index (χ2n) is 14.9. The molecule has 4 saturated carbocycles. The Hall–Kier alpha value is -0.153. The van der Waals surface area contributed by atoms with Crippen molar-refractivity contribution >= 4 is 14.6 Å². The molecular formula is C30H54O2Si. The van der Waals surface area contributed by atoms with E-state index in [-0.39, 0.29) is 0 Å². The fraction of sp³-hybridized carbons (Fsp3) is 0.967. The molecule has 9 atom stereocenters. The molecule has 4 rings (SSSR count). The molecule has 190 valence electrons. The van der Waals surface area contributed by atoms with Gasteiger partial charge in [-0.1, -0.05) is 41.5 Å². The summed E-state index contributed by atoms with van der Waals surface area (Å²) in [5.41, 5.74) is 1.06. The smallest absolute Gasteiger partial charge is 0.192 e. The van der Waals surface area contributed by atoms with Crippen LogP contribution in [0.15, 0.2) is 0 Å². The highest BCUT2D eigenvalue weighted by Crippen LogP contribution is 2.68. The SMILES string of the molecule is C[C@H](CCC=O)[C@H]1CC[C@H]2[C@@H]3CCC4C[C@H](O[Si](C)(C)C(C)(C)C)CC[C@]4(C)[C@H]3CC[C@]12C. The summed E-state index contributed by atoms with van der Waals surface area (Å²) < 4.78 is 6.95. The van der Waals surface area contributed by atoms with E-state index in [2.05, 4.69) is 54.6 Å². The Morgan fingerprint density at radius 2 is 1.64 bits per heavy atom. The lowest BCUT2D eigenvalue weighted by Gasteiger charge is -2.61. The predicted octanol–water partition coefficient (Wildman–Crippen LogP) is 8.65. The van der Waals surface area contributed by atoms with Crippen LogP contribution in [0.25, 0.3) is 0 Å². The fourth-order valence-corrected chi connectivity index (χ4v) is 10.8. The van der Waals surface area contributed by atoms with Crippen LogP contribution in [0.2, 0.25) is 18.1 Å². The molecule has 33 heavy (non-hydrogen) atoms. The van der Waals surface area contributed by atoms with Gasteiger partial charge in [-0.15, -0.1) is 0 Å². The number of carbonyl (C=O) groups is 1. The first kappa shape index (κ1) is 25.9. The highest BCUT2D eigenvalue weighted by Gasteiger charge is 2.60. The summed E-state index contributed by atoms with van der Waals surface area (Å²) in [6.45, 7) is 19.8. The van der Waals surface area contributed by atoms with Crippen molar-refractivity contribution in [2.24, 2.45) is 46.3 Å². The number of fused-ring (bicyclic) bond motifs is 5. The molecule has 0 aromatic carbocycles. The summed E-state index contributed by atoms with van der Waals surface area (Å²) >= 11 is 0. The molecule has 0 aromatic rings. The highest BCUT2D eigenvalue weighted by molar-refractivity contribution is 6.74. The van der Waals surface area contributed by atoms with Crippen LogP contribution in [0, 0.1) is 46.3 Å². The molecule has 1 unspecified atom stereocenters. The molecule has 4 aliphatic carbocycles. The number of hydrogen-bond acceptors (Lipinski definition) is 2. The summed E-state index contributed by atoms with van der Waals surface area (Å²) in [7, 11) is -1.69. The zero-order chi connectivity index (χ0) is 24.2. The van der Waals surface area contributed by atoms with Crippen molar-refractivity contribution in [3.63, 3.8) is 0 Å². The van der Waals surface area contributed by atoms with Crippen molar-refractivity contribution in [2.45, 2.75) is 136 Å². The first-order valence-electron chi connectivity index (χ1n) is 14.4. The molecule has 0 spiro atoms. The van der Waals surface area contributed by atoms with E-state index in [9.17, 15) is 4.79 Å². The van der Waals surface area contributed by atoms with E-state index in [0.29, 0.717) is 27.9 Å². The molecule has 0 radical (unpaired) electrons. The molecular weight excluding hydrogens is 420 g/mol. The van der Waals surface area contributed by atoms with E-state index >= 15 is 0 Å². The topological polar surface area (TPSA) is 26.3 Å².